The molecular weight excluding hydrogens is 414 g/mol. The van der Waals surface area contributed by atoms with Crippen LogP contribution in [0.5, 0.6) is 11.5 Å². The van der Waals surface area contributed by atoms with Gasteiger partial charge in [-0.05, 0) is 24.6 Å². The van der Waals surface area contributed by atoms with Gasteiger partial charge in [0.15, 0.2) is 11.5 Å². The molecule has 3 aromatic rings. The van der Waals surface area contributed by atoms with Gasteiger partial charge in [-0.25, -0.2) is 4.98 Å². The van der Waals surface area contributed by atoms with Gasteiger partial charge in [0.05, 0.1) is 18.1 Å². The number of alkyl halides is 2. The lowest BCUT2D eigenvalue weighted by atomic mass is 10.1. The summed E-state index contributed by atoms with van der Waals surface area (Å²) in [6.07, 6.45) is 3.54. The first-order chi connectivity index (χ1) is 14.8. The average Bonchev–Trinajstić information content (AvgIpc) is 3.13. The highest BCUT2D eigenvalue weighted by molar-refractivity contribution is 6.07. The molecular formula is C20H18F2N4O5. The maximum absolute atomic E-state index is 12.7. The van der Waals surface area contributed by atoms with Crippen molar-refractivity contribution < 1.29 is 28.0 Å². The third kappa shape index (κ3) is 5.13. The van der Waals surface area contributed by atoms with E-state index < -0.39 is 28.9 Å². The van der Waals surface area contributed by atoms with E-state index in [0.29, 0.717) is 12.2 Å². The van der Waals surface area contributed by atoms with E-state index in [4.69, 9.17) is 4.74 Å². The SMILES string of the molecule is COc1cc(C(=O)Nc2ccc(Cn3ccnc3C)cc2)c([N+](=O)[O-])cc1OC(F)F. The normalized spacial score (nSPS) is 10.7. The molecule has 1 aromatic heterocycles. The number of ether oxygens (including phenoxy) is 2. The van der Waals surface area contributed by atoms with Gasteiger partial charge in [0.25, 0.3) is 11.6 Å². The van der Waals surface area contributed by atoms with Crippen molar-refractivity contribution in [2.45, 2.75) is 20.1 Å². The zero-order chi connectivity index (χ0) is 22.5. The maximum Gasteiger partial charge on any atom is 0.387 e. The van der Waals surface area contributed by atoms with Crippen molar-refractivity contribution in [2.75, 3.05) is 12.4 Å². The molecule has 0 radical (unpaired) electrons. The average molecular weight is 432 g/mol. The molecule has 0 aliphatic rings. The molecule has 11 heteroatoms. The standard InChI is InChI=1S/C20H18F2N4O5/c1-12-23-7-8-25(12)11-13-3-5-14(6-4-13)24-19(27)15-9-17(30-2)18(31-20(21)22)10-16(15)26(28)29/h3-10,20H,11H2,1-2H3,(H,24,27). The van der Waals surface area contributed by atoms with Crippen LogP contribution in [0.15, 0.2) is 48.8 Å². The molecule has 0 unspecified atom stereocenters. The monoisotopic (exact) mass is 432 g/mol. The molecule has 0 saturated carbocycles. The number of benzene rings is 2. The fourth-order valence-corrected chi connectivity index (χ4v) is 2.89. The van der Waals surface area contributed by atoms with Gasteiger partial charge in [-0.15, -0.1) is 0 Å². The number of nitro groups is 1. The topological polar surface area (TPSA) is 109 Å². The fraction of sp³-hybridized carbons (Fsp3) is 0.200. The highest BCUT2D eigenvalue weighted by Crippen LogP contribution is 2.36. The molecule has 0 spiro atoms. The number of carbonyl (C=O) groups excluding carboxylic acids is 1. The van der Waals surface area contributed by atoms with E-state index in [1.165, 1.54) is 7.11 Å². The number of methoxy groups -OCH3 is 1. The van der Waals surface area contributed by atoms with Gasteiger partial charge in [0.1, 0.15) is 11.4 Å². The van der Waals surface area contributed by atoms with Crippen LogP contribution in [-0.2, 0) is 6.54 Å². The van der Waals surface area contributed by atoms with E-state index in [2.05, 4.69) is 15.0 Å². The van der Waals surface area contributed by atoms with Gasteiger partial charge in [-0.2, -0.15) is 8.78 Å². The number of nitro benzene ring substituents is 1. The number of imidazole rings is 1. The third-order valence-corrected chi connectivity index (χ3v) is 4.43. The van der Waals surface area contributed by atoms with E-state index in [9.17, 15) is 23.7 Å². The summed E-state index contributed by atoms with van der Waals surface area (Å²) < 4.78 is 36.2. The first-order valence-corrected chi connectivity index (χ1v) is 8.97. The zero-order valence-corrected chi connectivity index (χ0v) is 16.5. The molecule has 0 aliphatic carbocycles. The lowest BCUT2D eigenvalue weighted by molar-refractivity contribution is -0.385. The highest BCUT2D eigenvalue weighted by Gasteiger charge is 2.26. The molecule has 1 amide bonds. The fourth-order valence-electron chi connectivity index (χ4n) is 2.89. The van der Waals surface area contributed by atoms with E-state index >= 15 is 0 Å². The van der Waals surface area contributed by atoms with Gasteiger partial charge in [0.2, 0.25) is 0 Å². The molecule has 0 saturated heterocycles. The summed E-state index contributed by atoms with van der Waals surface area (Å²) in [6, 6.07) is 8.61. The number of hydrogen-bond donors (Lipinski definition) is 1. The lowest BCUT2D eigenvalue weighted by Crippen LogP contribution is -2.15. The molecule has 0 aliphatic heterocycles. The minimum absolute atomic E-state index is 0.234. The zero-order valence-electron chi connectivity index (χ0n) is 16.5. The van der Waals surface area contributed by atoms with Crippen molar-refractivity contribution in [2.24, 2.45) is 0 Å². The van der Waals surface area contributed by atoms with Crippen molar-refractivity contribution in [1.82, 2.24) is 9.55 Å². The second kappa shape index (κ2) is 9.20. The van der Waals surface area contributed by atoms with Crippen LogP contribution in [0.1, 0.15) is 21.7 Å². The van der Waals surface area contributed by atoms with Crippen LogP contribution >= 0.6 is 0 Å². The Morgan fingerprint density at radius 1 is 1.26 bits per heavy atom. The number of aryl methyl sites for hydroxylation is 1. The number of halogens is 2. The molecule has 31 heavy (non-hydrogen) atoms. The van der Waals surface area contributed by atoms with Gasteiger partial charge in [-0.3, -0.25) is 14.9 Å². The summed E-state index contributed by atoms with van der Waals surface area (Å²) in [5.41, 5.74) is 0.306. The molecule has 1 N–H and O–H groups in total. The van der Waals surface area contributed by atoms with Crippen LogP contribution in [0.2, 0.25) is 0 Å². The molecule has 162 valence electrons. The number of amides is 1. The van der Waals surface area contributed by atoms with Crippen molar-refractivity contribution >= 4 is 17.3 Å². The summed E-state index contributed by atoms with van der Waals surface area (Å²) in [5, 5.41) is 13.9. The Morgan fingerprint density at radius 2 is 1.97 bits per heavy atom. The number of aromatic nitrogens is 2. The number of nitrogens with zero attached hydrogens (tertiary/aromatic N) is 3. The Bertz CT molecular complexity index is 1100. The van der Waals surface area contributed by atoms with E-state index in [0.717, 1.165) is 23.5 Å². The summed E-state index contributed by atoms with van der Waals surface area (Å²) in [7, 11) is 1.17. The quantitative estimate of drug-likeness (QED) is 0.426. The predicted octanol–water partition coefficient (Wildman–Crippen LogP) is 4.01. The minimum atomic E-state index is -3.21. The minimum Gasteiger partial charge on any atom is -0.493 e. The molecule has 2 aromatic carbocycles. The predicted molar refractivity (Wildman–Crippen MR) is 107 cm³/mol. The second-order valence-electron chi connectivity index (χ2n) is 6.41. The Kier molecular flexibility index (Phi) is 6.43. The van der Waals surface area contributed by atoms with Crippen molar-refractivity contribution in [3.63, 3.8) is 0 Å². The largest absolute Gasteiger partial charge is 0.493 e. The molecule has 0 atom stereocenters. The second-order valence-corrected chi connectivity index (χ2v) is 6.41. The summed E-state index contributed by atoms with van der Waals surface area (Å²) in [5.74, 6) is -0.716. The molecule has 3 rings (SSSR count). The van der Waals surface area contributed by atoms with Crippen LogP contribution in [0.25, 0.3) is 0 Å². The van der Waals surface area contributed by atoms with Crippen molar-refractivity contribution in [3.05, 3.63) is 75.9 Å². The number of hydrogen-bond acceptors (Lipinski definition) is 6. The molecule has 0 fully saturated rings. The Morgan fingerprint density at radius 3 is 2.52 bits per heavy atom. The third-order valence-electron chi connectivity index (χ3n) is 4.43. The Hall–Kier alpha value is -4.02. The number of anilines is 1. The van der Waals surface area contributed by atoms with Gasteiger partial charge < -0.3 is 19.4 Å². The Labute approximate surface area is 175 Å². The number of rotatable bonds is 8. The van der Waals surface area contributed by atoms with Gasteiger partial charge in [0, 0.05) is 30.7 Å². The molecule has 0 bridgehead atoms. The van der Waals surface area contributed by atoms with Crippen LogP contribution in [0.4, 0.5) is 20.2 Å². The first-order valence-electron chi connectivity index (χ1n) is 8.97. The van der Waals surface area contributed by atoms with Crippen LogP contribution < -0.4 is 14.8 Å². The maximum atomic E-state index is 12.7. The lowest BCUT2D eigenvalue weighted by Gasteiger charge is -2.12. The smallest absolute Gasteiger partial charge is 0.387 e. The number of nitrogens with one attached hydrogen (secondary N) is 1. The van der Waals surface area contributed by atoms with Gasteiger partial charge >= 0.3 is 6.61 Å². The van der Waals surface area contributed by atoms with Crippen LogP contribution in [0, 0.1) is 17.0 Å². The van der Waals surface area contributed by atoms with Crippen molar-refractivity contribution in [1.29, 1.82) is 0 Å². The van der Waals surface area contributed by atoms with Gasteiger partial charge in [-0.1, -0.05) is 12.1 Å². The Balaban J connectivity index is 1.82. The van der Waals surface area contributed by atoms with E-state index in [1.54, 1.807) is 30.5 Å². The van der Waals surface area contributed by atoms with Crippen LogP contribution in [-0.4, -0.2) is 34.1 Å². The summed E-state index contributed by atoms with van der Waals surface area (Å²) in [6.45, 7) is -0.736. The number of carbonyl (C=O) groups is 1. The first kappa shape index (κ1) is 21.7. The molecule has 1 heterocycles. The summed E-state index contributed by atoms with van der Waals surface area (Å²) >= 11 is 0. The van der Waals surface area contributed by atoms with Crippen LogP contribution in [0.3, 0.4) is 0 Å². The summed E-state index contributed by atoms with van der Waals surface area (Å²) in [4.78, 5) is 27.3. The molecule has 9 nitrogen and oxygen atoms in total. The highest BCUT2D eigenvalue weighted by atomic mass is 19.3. The van der Waals surface area contributed by atoms with E-state index in [-0.39, 0.29) is 11.3 Å². The van der Waals surface area contributed by atoms with Crippen molar-refractivity contribution in [3.8, 4) is 11.5 Å². The van der Waals surface area contributed by atoms with E-state index in [1.807, 2.05) is 17.7 Å².